The van der Waals surface area contributed by atoms with Gasteiger partial charge in [0, 0.05) is 5.56 Å². The van der Waals surface area contributed by atoms with Crippen LogP contribution in [0.3, 0.4) is 0 Å². The number of benzene rings is 2. The predicted octanol–water partition coefficient (Wildman–Crippen LogP) is 3.64. The van der Waals surface area contributed by atoms with E-state index in [1.54, 1.807) is 60.3 Å². The lowest BCUT2D eigenvalue weighted by atomic mass is 10.2. The molecule has 0 bridgehead atoms. The van der Waals surface area contributed by atoms with Crippen LogP contribution in [-0.4, -0.2) is 35.0 Å². The smallest absolute Gasteiger partial charge is 0.343 e. The number of esters is 1. The van der Waals surface area contributed by atoms with Gasteiger partial charge in [-0.1, -0.05) is 12.1 Å². The van der Waals surface area contributed by atoms with Gasteiger partial charge in [0.05, 0.1) is 34.7 Å². The molecule has 31 heavy (non-hydrogen) atoms. The molecule has 0 atom stereocenters. The number of hydrazone groups is 1. The van der Waals surface area contributed by atoms with Crippen LogP contribution in [0.5, 0.6) is 11.5 Å². The summed E-state index contributed by atoms with van der Waals surface area (Å²) in [7, 11) is 1.55. The molecule has 1 aromatic heterocycles. The third kappa shape index (κ3) is 5.58. The number of ether oxygens (including phenoxy) is 2. The van der Waals surface area contributed by atoms with Gasteiger partial charge < -0.3 is 9.47 Å². The predicted molar refractivity (Wildman–Crippen MR) is 120 cm³/mol. The highest BCUT2D eigenvalue weighted by atomic mass is 79.9. The molecule has 160 valence electrons. The molecule has 9 heteroatoms. The van der Waals surface area contributed by atoms with E-state index >= 15 is 0 Å². The lowest BCUT2D eigenvalue weighted by Gasteiger charge is -2.08. The van der Waals surface area contributed by atoms with Crippen molar-refractivity contribution < 1.29 is 19.1 Å². The zero-order valence-electron chi connectivity index (χ0n) is 17.3. The molecule has 2 aromatic carbocycles. The SMILES string of the molecule is COc1ccc(C(=O)Oc2ccccc2/C=N/NC(=O)Cn2nc(C)c(Br)c2C)cc1. The first-order valence-electron chi connectivity index (χ1n) is 9.35. The average Bonchev–Trinajstić information content (AvgIpc) is 3.01. The number of hydrogen-bond acceptors (Lipinski definition) is 6. The van der Waals surface area contributed by atoms with Gasteiger partial charge >= 0.3 is 5.97 Å². The van der Waals surface area contributed by atoms with E-state index in [-0.39, 0.29) is 12.5 Å². The highest BCUT2D eigenvalue weighted by Crippen LogP contribution is 2.20. The Labute approximate surface area is 188 Å². The fourth-order valence-electron chi connectivity index (χ4n) is 2.74. The maximum Gasteiger partial charge on any atom is 0.343 e. The summed E-state index contributed by atoms with van der Waals surface area (Å²) in [6, 6.07) is 13.5. The van der Waals surface area contributed by atoms with Gasteiger partial charge in [-0.3, -0.25) is 9.48 Å². The van der Waals surface area contributed by atoms with E-state index in [9.17, 15) is 9.59 Å². The molecule has 0 unspecified atom stereocenters. The van der Waals surface area contributed by atoms with Crippen LogP contribution >= 0.6 is 15.9 Å². The number of nitrogens with one attached hydrogen (secondary N) is 1. The van der Waals surface area contributed by atoms with Crippen LogP contribution in [0.15, 0.2) is 58.1 Å². The number of aromatic nitrogens is 2. The molecule has 1 N–H and O–H groups in total. The van der Waals surface area contributed by atoms with Crippen LogP contribution in [0.1, 0.15) is 27.3 Å². The number of aryl methyl sites for hydroxylation is 1. The van der Waals surface area contributed by atoms with E-state index in [4.69, 9.17) is 9.47 Å². The fourth-order valence-corrected chi connectivity index (χ4v) is 3.02. The molecule has 0 saturated heterocycles. The zero-order valence-corrected chi connectivity index (χ0v) is 18.8. The van der Waals surface area contributed by atoms with Gasteiger partial charge in [-0.05, 0) is 66.2 Å². The topological polar surface area (TPSA) is 94.8 Å². The molecule has 0 saturated carbocycles. The highest BCUT2D eigenvalue weighted by Gasteiger charge is 2.13. The number of methoxy groups -OCH3 is 1. The van der Waals surface area contributed by atoms with Gasteiger partial charge in [0.2, 0.25) is 0 Å². The fraction of sp³-hybridized carbons (Fsp3) is 0.182. The standard InChI is InChI=1S/C22H21BrN4O4/c1-14-21(23)15(2)27(26-14)13-20(28)25-24-12-17-6-4-5-7-19(17)31-22(29)16-8-10-18(30-3)11-9-16/h4-12H,13H2,1-3H3,(H,25,28)/b24-12+. The van der Waals surface area contributed by atoms with E-state index in [1.807, 2.05) is 13.8 Å². The summed E-state index contributed by atoms with van der Waals surface area (Å²) >= 11 is 3.43. The number of hydrogen-bond donors (Lipinski definition) is 1. The van der Waals surface area contributed by atoms with Crippen LogP contribution in [0.25, 0.3) is 0 Å². The normalized spacial score (nSPS) is 10.8. The van der Waals surface area contributed by atoms with E-state index in [1.165, 1.54) is 6.21 Å². The minimum atomic E-state index is -0.511. The molecule has 0 aliphatic rings. The van der Waals surface area contributed by atoms with Crippen molar-refractivity contribution in [1.82, 2.24) is 15.2 Å². The minimum absolute atomic E-state index is 0.0315. The third-order valence-corrected chi connectivity index (χ3v) is 5.57. The van der Waals surface area contributed by atoms with Gasteiger partial charge in [0.1, 0.15) is 18.0 Å². The van der Waals surface area contributed by atoms with Crippen LogP contribution in [0.2, 0.25) is 0 Å². The summed E-state index contributed by atoms with van der Waals surface area (Å²) in [6.45, 7) is 3.76. The summed E-state index contributed by atoms with van der Waals surface area (Å²) in [4.78, 5) is 24.6. The third-order valence-electron chi connectivity index (χ3n) is 4.43. The quantitative estimate of drug-likeness (QED) is 0.239. The molecule has 0 aliphatic heterocycles. The zero-order chi connectivity index (χ0) is 22.4. The minimum Gasteiger partial charge on any atom is -0.497 e. The molecule has 1 amide bonds. The molecule has 1 heterocycles. The summed E-state index contributed by atoms with van der Waals surface area (Å²) in [5.74, 6) is 0.126. The van der Waals surface area contributed by atoms with Crippen LogP contribution < -0.4 is 14.9 Å². The molecular formula is C22H21BrN4O4. The van der Waals surface area contributed by atoms with Crippen molar-refractivity contribution in [3.8, 4) is 11.5 Å². The van der Waals surface area contributed by atoms with Crippen LogP contribution in [0.4, 0.5) is 0 Å². The van der Waals surface area contributed by atoms with Gasteiger partial charge in [0.25, 0.3) is 5.91 Å². The number of nitrogens with zero attached hydrogens (tertiary/aromatic N) is 3. The number of halogens is 1. The Balaban J connectivity index is 1.64. The van der Waals surface area contributed by atoms with Crippen molar-refractivity contribution in [3.63, 3.8) is 0 Å². The van der Waals surface area contributed by atoms with Crippen LogP contribution in [0, 0.1) is 13.8 Å². The Morgan fingerprint density at radius 1 is 1.16 bits per heavy atom. The second kappa shape index (κ2) is 10.0. The van der Waals surface area contributed by atoms with Crippen LogP contribution in [-0.2, 0) is 11.3 Å². The Morgan fingerprint density at radius 2 is 1.87 bits per heavy atom. The second-order valence-corrected chi connectivity index (χ2v) is 7.38. The number of amides is 1. The molecular weight excluding hydrogens is 464 g/mol. The molecule has 0 radical (unpaired) electrons. The number of carbonyl (C=O) groups excluding carboxylic acids is 2. The Kier molecular flexibility index (Phi) is 7.19. The van der Waals surface area contributed by atoms with E-state index < -0.39 is 5.97 Å². The first-order chi connectivity index (χ1) is 14.9. The maximum atomic E-state index is 12.4. The summed E-state index contributed by atoms with van der Waals surface area (Å²) in [6.07, 6.45) is 1.42. The van der Waals surface area contributed by atoms with Crippen molar-refractivity contribution in [2.45, 2.75) is 20.4 Å². The molecule has 0 fully saturated rings. The lowest BCUT2D eigenvalue weighted by molar-refractivity contribution is -0.121. The number of rotatable bonds is 7. The van der Waals surface area contributed by atoms with E-state index in [0.717, 1.165) is 15.9 Å². The van der Waals surface area contributed by atoms with Gasteiger partial charge in [-0.15, -0.1) is 0 Å². The van der Waals surface area contributed by atoms with Crippen molar-refractivity contribution in [2.75, 3.05) is 7.11 Å². The van der Waals surface area contributed by atoms with Gasteiger partial charge in [0.15, 0.2) is 0 Å². The van der Waals surface area contributed by atoms with Crippen molar-refractivity contribution >= 4 is 34.0 Å². The molecule has 3 aromatic rings. The first kappa shape index (κ1) is 22.2. The van der Waals surface area contributed by atoms with Gasteiger partial charge in [-0.25, -0.2) is 10.2 Å². The number of carbonyl (C=O) groups is 2. The summed E-state index contributed by atoms with van der Waals surface area (Å²) < 4.78 is 13.0. The maximum absolute atomic E-state index is 12.4. The van der Waals surface area contributed by atoms with Crippen molar-refractivity contribution in [3.05, 3.63) is 75.5 Å². The number of para-hydroxylation sites is 1. The Bertz CT molecular complexity index is 1120. The first-order valence-corrected chi connectivity index (χ1v) is 10.1. The highest BCUT2D eigenvalue weighted by molar-refractivity contribution is 9.10. The molecule has 3 rings (SSSR count). The van der Waals surface area contributed by atoms with E-state index in [2.05, 4.69) is 31.6 Å². The largest absolute Gasteiger partial charge is 0.497 e. The molecule has 0 aliphatic carbocycles. The summed E-state index contributed by atoms with van der Waals surface area (Å²) in [5.41, 5.74) is 5.05. The van der Waals surface area contributed by atoms with E-state index in [0.29, 0.717) is 22.6 Å². The Morgan fingerprint density at radius 3 is 2.52 bits per heavy atom. The molecule has 0 spiro atoms. The summed E-state index contributed by atoms with van der Waals surface area (Å²) in [5, 5.41) is 8.27. The Hall–Kier alpha value is -3.46. The van der Waals surface area contributed by atoms with Crippen molar-refractivity contribution in [2.24, 2.45) is 5.10 Å². The lowest BCUT2D eigenvalue weighted by Crippen LogP contribution is -2.24. The second-order valence-electron chi connectivity index (χ2n) is 6.59. The average molecular weight is 485 g/mol. The van der Waals surface area contributed by atoms with Gasteiger partial charge in [-0.2, -0.15) is 10.2 Å². The monoisotopic (exact) mass is 484 g/mol. The van der Waals surface area contributed by atoms with Crippen molar-refractivity contribution in [1.29, 1.82) is 0 Å². The molecule has 8 nitrogen and oxygen atoms in total.